The van der Waals surface area contributed by atoms with Crippen LogP contribution in [-0.2, 0) is 18.3 Å². The minimum Gasteiger partial charge on any atom is -0.496 e. The van der Waals surface area contributed by atoms with Crippen LogP contribution in [0.25, 0.3) is 11.3 Å². The Balaban J connectivity index is 1.24. The molecule has 4 heterocycles. The normalized spacial score (nSPS) is 14.7. The number of aryl methyl sites for hydroxylation is 1. The molecule has 1 saturated carbocycles. The van der Waals surface area contributed by atoms with Crippen molar-refractivity contribution in [3.8, 4) is 22.9 Å². The molecule has 6 rings (SSSR count). The number of methoxy groups -OCH3 is 1. The molecule has 2 aliphatic rings. The largest absolute Gasteiger partial charge is 0.496 e. The summed E-state index contributed by atoms with van der Waals surface area (Å²) in [4.78, 5) is 31.4. The molecule has 12 heteroatoms. The molecule has 0 unspecified atom stereocenters. The van der Waals surface area contributed by atoms with E-state index in [1.54, 1.807) is 26.4 Å². The van der Waals surface area contributed by atoms with Crippen LogP contribution in [0.15, 0.2) is 54.7 Å². The zero-order chi connectivity index (χ0) is 29.2. The fourth-order valence-corrected chi connectivity index (χ4v) is 5.05. The van der Waals surface area contributed by atoms with Crippen LogP contribution in [0.4, 0.5) is 11.6 Å². The third-order valence-electron chi connectivity index (χ3n) is 7.42. The van der Waals surface area contributed by atoms with Crippen molar-refractivity contribution in [3.05, 3.63) is 71.5 Å². The number of ether oxygens (including phenoxy) is 2. The number of carbonyl (C=O) groups excluding carboxylic acids is 2. The van der Waals surface area contributed by atoms with E-state index in [1.807, 2.05) is 54.2 Å². The van der Waals surface area contributed by atoms with E-state index in [4.69, 9.17) is 14.6 Å². The maximum Gasteiger partial charge on any atom is 0.271 e. The number of pyridine rings is 1. The van der Waals surface area contributed by atoms with E-state index in [0.717, 1.165) is 48.6 Å². The Kier molecular flexibility index (Phi) is 7.43. The molecule has 0 radical (unpaired) electrons. The molecule has 1 aliphatic heterocycles. The predicted molar refractivity (Wildman–Crippen MR) is 156 cm³/mol. The van der Waals surface area contributed by atoms with Gasteiger partial charge in [0.1, 0.15) is 17.7 Å². The van der Waals surface area contributed by atoms with Crippen molar-refractivity contribution in [2.45, 2.75) is 25.4 Å². The van der Waals surface area contributed by atoms with Gasteiger partial charge in [-0.2, -0.15) is 5.10 Å². The number of amides is 2. The third-order valence-corrected chi connectivity index (χ3v) is 7.42. The van der Waals surface area contributed by atoms with Crippen LogP contribution in [0.3, 0.4) is 0 Å². The molecular weight excluding hydrogens is 536 g/mol. The van der Waals surface area contributed by atoms with Crippen molar-refractivity contribution in [1.29, 1.82) is 0 Å². The number of aromatic nitrogens is 5. The zero-order valence-electron chi connectivity index (χ0n) is 23.7. The van der Waals surface area contributed by atoms with Gasteiger partial charge in [-0.3, -0.25) is 14.3 Å². The lowest BCUT2D eigenvalue weighted by Crippen LogP contribution is -2.54. The van der Waals surface area contributed by atoms with E-state index in [1.165, 1.54) is 0 Å². The smallest absolute Gasteiger partial charge is 0.271 e. The maximum absolute atomic E-state index is 12.6. The number of rotatable bonds is 10. The Morgan fingerprint density at radius 1 is 1.05 bits per heavy atom. The highest BCUT2D eigenvalue weighted by Gasteiger charge is 2.32. The molecule has 12 nitrogen and oxygen atoms in total. The minimum absolute atomic E-state index is 0.0180. The highest BCUT2D eigenvalue weighted by molar-refractivity contribution is 5.95. The van der Waals surface area contributed by atoms with Crippen molar-refractivity contribution in [3.63, 3.8) is 0 Å². The summed E-state index contributed by atoms with van der Waals surface area (Å²) < 4.78 is 13.7. The first kappa shape index (κ1) is 27.2. The first-order valence-electron chi connectivity index (χ1n) is 13.9. The van der Waals surface area contributed by atoms with Gasteiger partial charge < -0.3 is 25.0 Å². The third kappa shape index (κ3) is 5.60. The van der Waals surface area contributed by atoms with Gasteiger partial charge in [-0.25, -0.2) is 4.98 Å². The molecule has 42 heavy (non-hydrogen) atoms. The van der Waals surface area contributed by atoms with Crippen LogP contribution < -0.4 is 25.0 Å². The van der Waals surface area contributed by atoms with Gasteiger partial charge in [0, 0.05) is 50.3 Å². The number of anilines is 2. The fraction of sp³-hybridized carbons (Fsp3) is 0.333. The van der Waals surface area contributed by atoms with Crippen molar-refractivity contribution >= 4 is 23.5 Å². The summed E-state index contributed by atoms with van der Waals surface area (Å²) in [5.74, 6) is 2.13. The van der Waals surface area contributed by atoms with Crippen molar-refractivity contribution in [1.82, 2.24) is 30.3 Å². The average molecular weight is 569 g/mol. The van der Waals surface area contributed by atoms with E-state index in [0.29, 0.717) is 29.4 Å². The highest BCUT2D eigenvalue weighted by atomic mass is 16.5. The lowest BCUT2D eigenvalue weighted by atomic mass is 9.98. The number of nitrogens with zero attached hydrogens (tertiary/aromatic N) is 6. The van der Waals surface area contributed by atoms with Crippen molar-refractivity contribution in [2.24, 2.45) is 13.0 Å². The fourth-order valence-electron chi connectivity index (χ4n) is 5.05. The summed E-state index contributed by atoms with van der Waals surface area (Å²) in [7, 11) is 5.08. The molecule has 1 aromatic carbocycles. The highest BCUT2D eigenvalue weighted by Crippen LogP contribution is 2.37. The number of carbonyl (C=O) groups is 2. The van der Waals surface area contributed by atoms with Crippen LogP contribution >= 0.6 is 0 Å². The van der Waals surface area contributed by atoms with Crippen LogP contribution in [0.5, 0.6) is 11.6 Å². The number of para-hydroxylation sites is 1. The summed E-state index contributed by atoms with van der Waals surface area (Å²) in [5, 5.41) is 18.4. The first-order chi connectivity index (χ1) is 20.4. The van der Waals surface area contributed by atoms with E-state index < -0.39 is 0 Å². The van der Waals surface area contributed by atoms with Gasteiger partial charge in [0.15, 0.2) is 11.5 Å². The van der Waals surface area contributed by atoms with Gasteiger partial charge >= 0.3 is 0 Å². The Hall–Kier alpha value is -5.00. The van der Waals surface area contributed by atoms with E-state index >= 15 is 0 Å². The predicted octanol–water partition coefficient (Wildman–Crippen LogP) is 2.85. The van der Waals surface area contributed by atoms with Gasteiger partial charge in [-0.1, -0.05) is 18.2 Å². The summed E-state index contributed by atoms with van der Waals surface area (Å²) in [6.07, 6.45) is 3.85. The molecule has 2 amide bonds. The zero-order valence-corrected chi connectivity index (χ0v) is 23.7. The van der Waals surface area contributed by atoms with Gasteiger partial charge in [0.25, 0.3) is 5.91 Å². The molecule has 0 spiro atoms. The van der Waals surface area contributed by atoms with Crippen LogP contribution in [0.1, 0.15) is 34.5 Å². The molecule has 2 N–H and O–H groups in total. The Bertz CT molecular complexity index is 1610. The lowest BCUT2D eigenvalue weighted by molar-refractivity contribution is -0.117. The van der Waals surface area contributed by atoms with Gasteiger partial charge in [0.05, 0.1) is 25.9 Å². The Morgan fingerprint density at radius 2 is 1.88 bits per heavy atom. The van der Waals surface area contributed by atoms with E-state index in [2.05, 4.69) is 30.7 Å². The summed E-state index contributed by atoms with van der Waals surface area (Å²) in [6.45, 7) is 1.45. The monoisotopic (exact) mass is 568 g/mol. The van der Waals surface area contributed by atoms with Gasteiger partial charge in [0.2, 0.25) is 11.8 Å². The van der Waals surface area contributed by atoms with Gasteiger partial charge in [-0.05, 0) is 42.2 Å². The molecule has 2 fully saturated rings. The average Bonchev–Trinajstić information content (AvgIpc) is 3.77. The van der Waals surface area contributed by atoms with Crippen LogP contribution in [-0.4, -0.2) is 70.1 Å². The summed E-state index contributed by atoms with van der Waals surface area (Å²) in [6, 6.07) is 15.2. The lowest BCUT2D eigenvalue weighted by Gasteiger charge is -2.39. The van der Waals surface area contributed by atoms with E-state index in [-0.39, 0.29) is 29.5 Å². The second-order valence-electron chi connectivity index (χ2n) is 10.4. The molecule has 0 bridgehead atoms. The van der Waals surface area contributed by atoms with E-state index in [9.17, 15) is 9.59 Å². The maximum atomic E-state index is 12.6. The minimum atomic E-state index is -0.359. The molecule has 3 aromatic heterocycles. The standard InChI is InChI=1S/C30H32N8O4/c1-31-30(40)27-20(14-24(34-35-27)33-29(39)18-10-11-18)13-19-7-6-8-22(28(19)41-3)23-15-26(37(2)36-23)38-16-21(17-38)42-25-9-4-5-12-32-25/h4-9,12,14-15,18,21H,10-11,13,16-17H2,1-3H3,(H,31,40)(H,33,34,39). The molecule has 216 valence electrons. The quantitative estimate of drug-likeness (QED) is 0.296. The second kappa shape index (κ2) is 11.5. The SMILES string of the molecule is CNC(=O)c1nnc(NC(=O)C2CC2)cc1Cc1cccc(-c2cc(N3CC(Oc4ccccn4)C3)n(C)n2)c1OC. The second-order valence-corrected chi connectivity index (χ2v) is 10.4. The molecular formula is C30H32N8O4. The number of nitrogens with one attached hydrogen (secondary N) is 2. The molecule has 4 aromatic rings. The first-order valence-corrected chi connectivity index (χ1v) is 13.9. The summed E-state index contributed by atoms with van der Waals surface area (Å²) in [5.41, 5.74) is 3.23. The Labute approximate surface area is 243 Å². The van der Waals surface area contributed by atoms with Crippen molar-refractivity contribution < 1.29 is 19.1 Å². The Morgan fingerprint density at radius 3 is 2.60 bits per heavy atom. The van der Waals surface area contributed by atoms with Crippen LogP contribution in [0.2, 0.25) is 0 Å². The van der Waals surface area contributed by atoms with Gasteiger partial charge in [-0.15, -0.1) is 10.2 Å². The molecule has 1 aliphatic carbocycles. The number of benzene rings is 1. The number of hydrogen-bond donors (Lipinski definition) is 2. The summed E-state index contributed by atoms with van der Waals surface area (Å²) >= 11 is 0. The van der Waals surface area contributed by atoms with Crippen LogP contribution in [0, 0.1) is 5.92 Å². The van der Waals surface area contributed by atoms with Crippen molar-refractivity contribution in [2.75, 3.05) is 37.5 Å². The molecule has 0 atom stereocenters. The number of hydrogen-bond acceptors (Lipinski definition) is 9. The topological polar surface area (TPSA) is 136 Å². The molecule has 1 saturated heterocycles.